The maximum Gasteiger partial charge on any atom is 0.333 e. The van der Waals surface area contributed by atoms with Crippen molar-refractivity contribution in [3.8, 4) is 16.9 Å². The molecule has 10 nitrogen and oxygen atoms in total. The number of ketones is 1. The molecule has 1 heterocycles. The van der Waals surface area contributed by atoms with Gasteiger partial charge in [-0.05, 0) is 23.3 Å². The summed E-state index contributed by atoms with van der Waals surface area (Å²) >= 11 is 0. The first-order valence-electron chi connectivity index (χ1n) is 10.0. The Kier molecular flexibility index (Phi) is 7.54. The molecule has 1 amide bonds. The van der Waals surface area contributed by atoms with Crippen LogP contribution in [0.1, 0.15) is 33.5 Å². The first kappa shape index (κ1) is 23.6. The molecular formula is C23H24N4O6. The molecule has 2 aromatic carbocycles. The van der Waals surface area contributed by atoms with Crippen molar-refractivity contribution < 1.29 is 29.3 Å². The van der Waals surface area contributed by atoms with Crippen LogP contribution in [0.3, 0.4) is 0 Å². The van der Waals surface area contributed by atoms with E-state index in [1.807, 2.05) is 48.5 Å². The number of para-hydroxylation sites is 1. The normalized spacial score (nSPS) is 11.8. The number of ether oxygens (including phenoxy) is 1. The van der Waals surface area contributed by atoms with Crippen molar-refractivity contribution in [2.24, 2.45) is 0 Å². The lowest BCUT2D eigenvalue weighted by Gasteiger charge is -2.24. The summed E-state index contributed by atoms with van der Waals surface area (Å²) in [5.74, 6) is -1.62. The van der Waals surface area contributed by atoms with E-state index >= 15 is 0 Å². The number of carboxylic acid groups (broad SMARTS) is 1. The fraction of sp³-hybridized carbons (Fsp3) is 0.217. The predicted molar refractivity (Wildman–Crippen MR) is 119 cm³/mol. The van der Waals surface area contributed by atoms with Gasteiger partial charge in [-0.15, -0.1) is 0 Å². The van der Waals surface area contributed by atoms with Crippen molar-refractivity contribution in [1.29, 1.82) is 0 Å². The van der Waals surface area contributed by atoms with Crippen LogP contribution in [-0.2, 0) is 11.3 Å². The van der Waals surface area contributed by atoms with Gasteiger partial charge in [-0.3, -0.25) is 20.1 Å². The van der Waals surface area contributed by atoms with E-state index in [4.69, 9.17) is 9.84 Å². The molecule has 0 saturated carbocycles. The molecule has 0 radical (unpaired) electrons. The van der Waals surface area contributed by atoms with E-state index < -0.39 is 18.0 Å². The second kappa shape index (κ2) is 10.5. The van der Waals surface area contributed by atoms with Gasteiger partial charge in [-0.1, -0.05) is 42.5 Å². The fourth-order valence-electron chi connectivity index (χ4n) is 3.15. The molecule has 0 aliphatic rings. The summed E-state index contributed by atoms with van der Waals surface area (Å²) < 4.78 is 5.39. The number of carbonyl (C=O) groups excluding carboxylic acids is 2. The van der Waals surface area contributed by atoms with Gasteiger partial charge in [0.2, 0.25) is 0 Å². The number of hydrogen-bond acceptors (Lipinski definition) is 7. The van der Waals surface area contributed by atoms with Gasteiger partial charge in [0, 0.05) is 19.0 Å². The Balaban J connectivity index is 1.77. The Morgan fingerprint density at radius 3 is 2.45 bits per heavy atom. The number of aromatic amines is 1. The number of carbonyl (C=O) groups is 3. The van der Waals surface area contributed by atoms with Crippen molar-refractivity contribution in [2.45, 2.75) is 19.6 Å². The number of nitrogens with zero attached hydrogens (tertiary/aromatic N) is 2. The maximum atomic E-state index is 12.6. The predicted octanol–water partition coefficient (Wildman–Crippen LogP) is 1.88. The van der Waals surface area contributed by atoms with E-state index in [1.54, 1.807) is 7.11 Å². The number of Topliss-reactive ketones (excluding diaryl/α,β-unsaturated/α-hetero) is 1. The van der Waals surface area contributed by atoms with Crippen molar-refractivity contribution in [3.63, 3.8) is 0 Å². The number of amides is 1. The smallest absolute Gasteiger partial charge is 0.333 e. The van der Waals surface area contributed by atoms with Crippen LogP contribution in [0.4, 0.5) is 0 Å². The van der Waals surface area contributed by atoms with Crippen LogP contribution in [0.15, 0.2) is 54.6 Å². The van der Waals surface area contributed by atoms with E-state index in [0.29, 0.717) is 0 Å². The number of hydrazine groups is 1. The van der Waals surface area contributed by atoms with Gasteiger partial charge in [0.15, 0.2) is 11.9 Å². The third-order valence-electron chi connectivity index (χ3n) is 4.87. The number of benzene rings is 2. The number of H-pyrrole nitrogens is 1. The first-order chi connectivity index (χ1) is 15.8. The molecular weight excluding hydrogens is 428 g/mol. The van der Waals surface area contributed by atoms with Gasteiger partial charge in [0.1, 0.15) is 17.1 Å². The highest BCUT2D eigenvalue weighted by Crippen LogP contribution is 2.29. The summed E-state index contributed by atoms with van der Waals surface area (Å²) in [6.07, 6.45) is -1.72. The molecule has 0 aliphatic carbocycles. The van der Waals surface area contributed by atoms with E-state index in [9.17, 15) is 19.5 Å². The van der Waals surface area contributed by atoms with Crippen LogP contribution in [0.2, 0.25) is 0 Å². The van der Waals surface area contributed by atoms with E-state index in [-0.39, 0.29) is 30.3 Å². The average Bonchev–Trinajstić information content (AvgIpc) is 3.30. The van der Waals surface area contributed by atoms with Gasteiger partial charge in [-0.25, -0.2) is 9.80 Å². The van der Waals surface area contributed by atoms with Crippen LogP contribution in [-0.4, -0.2) is 62.8 Å². The third kappa shape index (κ3) is 6.03. The lowest BCUT2D eigenvalue weighted by Crippen LogP contribution is -2.47. The Bertz CT molecular complexity index is 1140. The highest BCUT2D eigenvalue weighted by molar-refractivity contribution is 5.97. The minimum Gasteiger partial charge on any atom is -0.496 e. The number of aromatic nitrogens is 2. The minimum absolute atomic E-state index is 0.0292. The number of carboxylic acids is 1. The molecule has 4 N–H and O–H groups in total. The van der Waals surface area contributed by atoms with Crippen molar-refractivity contribution in [2.75, 3.05) is 13.7 Å². The standard InChI is InChI=1S/C23H24N4O6/c1-14(28)18-11-19(25-24-18)22(30)26-27(13-20(29)23(31)32)12-15-7-9-16(10-8-15)17-5-3-4-6-21(17)33-2/h3-11,20,29H,12-13H2,1-2H3,(H,24,25)(H,26,30)(H,31,32)/t20-/m0/s1. The Hall–Kier alpha value is -4.02. The summed E-state index contributed by atoms with van der Waals surface area (Å²) in [6.45, 7) is 1.08. The number of methoxy groups -OCH3 is 1. The first-order valence-corrected chi connectivity index (χ1v) is 10.0. The quantitative estimate of drug-likeness (QED) is 0.270. The van der Waals surface area contributed by atoms with Crippen molar-refractivity contribution >= 4 is 17.7 Å². The summed E-state index contributed by atoms with van der Waals surface area (Å²) in [5, 5.41) is 26.4. The second-order valence-corrected chi connectivity index (χ2v) is 7.30. The SMILES string of the molecule is COc1ccccc1-c1ccc(CN(C[C@H](O)C(=O)O)NC(=O)c2cc(C(C)=O)n[nH]2)cc1. The van der Waals surface area contributed by atoms with Gasteiger partial charge in [-0.2, -0.15) is 5.10 Å². The Labute approximate surface area is 189 Å². The monoisotopic (exact) mass is 452 g/mol. The molecule has 0 unspecified atom stereocenters. The van der Waals surface area contributed by atoms with E-state index in [2.05, 4.69) is 15.6 Å². The molecule has 33 heavy (non-hydrogen) atoms. The van der Waals surface area contributed by atoms with E-state index in [0.717, 1.165) is 22.4 Å². The summed E-state index contributed by atoms with van der Waals surface area (Å²) in [4.78, 5) is 35.1. The number of aliphatic hydroxyl groups excluding tert-OH is 1. The molecule has 0 aliphatic heterocycles. The molecule has 0 spiro atoms. The average molecular weight is 452 g/mol. The zero-order valence-corrected chi connectivity index (χ0v) is 18.1. The molecule has 3 rings (SSSR count). The number of rotatable bonds is 10. The third-order valence-corrected chi connectivity index (χ3v) is 4.87. The summed E-state index contributed by atoms with van der Waals surface area (Å²) in [5.41, 5.74) is 5.29. The topological polar surface area (TPSA) is 145 Å². The van der Waals surface area contributed by atoms with Crippen LogP contribution in [0, 0.1) is 0 Å². The number of aliphatic carboxylic acids is 1. The molecule has 0 saturated heterocycles. The van der Waals surface area contributed by atoms with Gasteiger partial charge in [0.05, 0.1) is 13.7 Å². The largest absolute Gasteiger partial charge is 0.496 e. The Morgan fingerprint density at radius 2 is 1.85 bits per heavy atom. The van der Waals surface area contributed by atoms with Gasteiger partial charge < -0.3 is 14.9 Å². The van der Waals surface area contributed by atoms with Crippen LogP contribution in [0.5, 0.6) is 5.75 Å². The van der Waals surface area contributed by atoms with Crippen molar-refractivity contribution in [1.82, 2.24) is 20.6 Å². The number of aliphatic hydroxyl groups is 1. The van der Waals surface area contributed by atoms with Crippen LogP contribution in [0.25, 0.3) is 11.1 Å². The van der Waals surface area contributed by atoms with Gasteiger partial charge >= 0.3 is 5.97 Å². The molecule has 0 bridgehead atoms. The molecule has 1 atom stereocenters. The molecule has 3 aromatic rings. The van der Waals surface area contributed by atoms with Gasteiger partial charge in [0.25, 0.3) is 5.91 Å². The summed E-state index contributed by atoms with van der Waals surface area (Å²) in [6, 6.07) is 16.3. The second-order valence-electron chi connectivity index (χ2n) is 7.30. The zero-order valence-electron chi connectivity index (χ0n) is 18.1. The fourth-order valence-corrected chi connectivity index (χ4v) is 3.15. The lowest BCUT2D eigenvalue weighted by molar-refractivity contribution is -0.148. The minimum atomic E-state index is -1.72. The van der Waals surface area contributed by atoms with Crippen LogP contribution < -0.4 is 10.2 Å². The lowest BCUT2D eigenvalue weighted by atomic mass is 10.0. The Morgan fingerprint density at radius 1 is 1.15 bits per heavy atom. The summed E-state index contributed by atoms with van der Waals surface area (Å²) in [7, 11) is 1.60. The van der Waals surface area contributed by atoms with Crippen molar-refractivity contribution in [3.05, 3.63) is 71.5 Å². The molecule has 0 fully saturated rings. The van der Waals surface area contributed by atoms with Crippen LogP contribution >= 0.6 is 0 Å². The van der Waals surface area contributed by atoms with E-state index in [1.165, 1.54) is 18.0 Å². The highest BCUT2D eigenvalue weighted by atomic mass is 16.5. The maximum absolute atomic E-state index is 12.6. The zero-order chi connectivity index (χ0) is 24.0. The molecule has 1 aromatic heterocycles. The highest BCUT2D eigenvalue weighted by Gasteiger charge is 2.21. The number of hydrogen-bond donors (Lipinski definition) is 4. The number of nitrogens with one attached hydrogen (secondary N) is 2. The molecule has 172 valence electrons. The molecule has 10 heteroatoms.